The molecule has 0 aliphatic carbocycles. The number of carbonyl (C=O) groups excluding carboxylic acids is 1. The third kappa shape index (κ3) is 2.42. The van der Waals surface area contributed by atoms with Gasteiger partial charge in [-0.25, -0.2) is 8.78 Å². The smallest absolute Gasteiger partial charge is 0.220 e. The largest absolute Gasteiger partial charge is 0.356 e. The molecule has 0 bridgehead atoms. The summed E-state index contributed by atoms with van der Waals surface area (Å²) < 4.78 is 27.9. The van der Waals surface area contributed by atoms with Crippen LogP contribution in [0.5, 0.6) is 0 Å². The molecule has 25 heavy (non-hydrogen) atoms. The van der Waals surface area contributed by atoms with Crippen molar-refractivity contribution < 1.29 is 13.6 Å². The zero-order valence-electron chi connectivity index (χ0n) is 14.0. The van der Waals surface area contributed by atoms with Crippen LogP contribution in [0.15, 0.2) is 42.5 Å². The van der Waals surface area contributed by atoms with Gasteiger partial charge in [0, 0.05) is 41.2 Å². The first-order chi connectivity index (χ1) is 12.0. The number of halogens is 2. The van der Waals surface area contributed by atoms with Gasteiger partial charge < -0.3 is 9.88 Å². The number of aromatic nitrogens is 1. The maximum absolute atomic E-state index is 14.6. The van der Waals surface area contributed by atoms with Gasteiger partial charge in [-0.1, -0.05) is 24.3 Å². The molecule has 0 radical (unpaired) electrons. The van der Waals surface area contributed by atoms with E-state index in [1.165, 1.54) is 19.1 Å². The van der Waals surface area contributed by atoms with Gasteiger partial charge in [0.1, 0.15) is 17.7 Å². The topological polar surface area (TPSA) is 36.1 Å². The standard InChI is InChI=1S/C20H18F2N2O/c1-11-9-16-14-5-3-4-6-18(14)23-19(16)20(24(11)12(2)25)15-8-7-13(21)10-17(15)22/h3-8,10-11,20,23H,9H2,1-2H3/t11-,20-/m0/s1. The number of nitrogens with one attached hydrogen (secondary N) is 1. The Hall–Kier alpha value is -2.69. The molecule has 1 amide bonds. The highest BCUT2D eigenvalue weighted by molar-refractivity contribution is 5.86. The monoisotopic (exact) mass is 340 g/mol. The second kappa shape index (κ2) is 5.69. The molecular formula is C20H18F2N2O. The summed E-state index contributed by atoms with van der Waals surface area (Å²) in [5, 5.41) is 1.08. The summed E-state index contributed by atoms with van der Waals surface area (Å²) in [7, 11) is 0. The number of para-hydroxylation sites is 1. The zero-order chi connectivity index (χ0) is 17.7. The number of H-pyrrole nitrogens is 1. The quantitative estimate of drug-likeness (QED) is 0.703. The predicted molar refractivity (Wildman–Crippen MR) is 92.2 cm³/mol. The molecule has 5 heteroatoms. The van der Waals surface area contributed by atoms with Crippen molar-refractivity contribution in [1.29, 1.82) is 0 Å². The number of nitrogens with zero attached hydrogens (tertiary/aromatic N) is 1. The second-order valence-electron chi connectivity index (χ2n) is 6.61. The molecule has 1 aliphatic rings. The third-order valence-electron chi connectivity index (χ3n) is 4.99. The molecule has 4 rings (SSSR count). The number of hydrogen-bond acceptors (Lipinski definition) is 1. The Balaban J connectivity index is 1.99. The first-order valence-electron chi connectivity index (χ1n) is 8.30. The average Bonchev–Trinajstić information content (AvgIpc) is 2.92. The normalized spacial score (nSPS) is 19.9. The molecule has 2 atom stereocenters. The van der Waals surface area contributed by atoms with Crippen molar-refractivity contribution in [2.24, 2.45) is 0 Å². The van der Waals surface area contributed by atoms with E-state index in [9.17, 15) is 13.6 Å². The van der Waals surface area contributed by atoms with Crippen LogP contribution in [0.4, 0.5) is 8.78 Å². The number of carbonyl (C=O) groups is 1. The van der Waals surface area contributed by atoms with E-state index in [1.807, 2.05) is 31.2 Å². The number of amides is 1. The van der Waals surface area contributed by atoms with Crippen molar-refractivity contribution in [3.05, 3.63) is 70.9 Å². The van der Waals surface area contributed by atoms with Crippen molar-refractivity contribution >= 4 is 16.8 Å². The Morgan fingerprint density at radius 3 is 2.68 bits per heavy atom. The van der Waals surface area contributed by atoms with E-state index in [0.717, 1.165) is 28.2 Å². The zero-order valence-corrected chi connectivity index (χ0v) is 14.0. The Morgan fingerprint density at radius 1 is 1.20 bits per heavy atom. The SMILES string of the molecule is CC(=O)N1[C@@H](c2ccc(F)cc2F)c2[nH]c3ccccc3c2C[C@@H]1C. The van der Waals surface area contributed by atoms with Gasteiger partial charge in [-0.15, -0.1) is 0 Å². The van der Waals surface area contributed by atoms with E-state index in [1.54, 1.807) is 4.90 Å². The van der Waals surface area contributed by atoms with Crippen LogP contribution < -0.4 is 0 Å². The molecule has 0 unspecified atom stereocenters. The summed E-state index contributed by atoms with van der Waals surface area (Å²) in [6.45, 7) is 3.44. The van der Waals surface area contributed by atoms with Crippen LogP contribution in [-0.2, 0) is 11.2 Å². The molecule has 3 nitrogen and oxygen atoms in total. The van der Waals surface area contributed by atoms with Gasteiger partial charge in [0.2, 0.25) is 5.91 Å². The second-order valence-corrected chi connectivity index (χ2v) is 6.61. The molecule has 2 heterocycles. The molecule has 3 aromatic rings. The Labute approximate surface area is 144 Å². The first kappa shape index (κ1) is 15.8. The Morgan fingerprint density at radius 2 is 1.96 bits per heavy atom. The summed E-state index contributed by atoms with van der Waals surface area (Å²) in [6.07, 6.45) is 0.693. The van der Waals surface area contributed by atoms with Gasteiger partial charge in [0.05, 0.1) is 0 Å². The van der Waals surface area contributed by atoms with Gasteiger partial charge in [0.15, 0.2) is 0 Å². The highest BCUT2D eigenvalue weighted by Gasteiger charge is 2.38. The number of rotatable bonds is 1. The van der Waals surface area contributed by atoms with E-state index < -0.39 is 17.7 Å². The number of aromatic amines is 1. The minimum Gasteiger partial charge on any atom is -0.356 e. The summed E-state index contributed by atoms with van der Waals surface area (Å²) in [4.78, 5) is 17.3. The summed E-state index contributed by atoms with van der Waals surface area (Å²) in [5.41, 5.74) is 3.16. The van der Waals surface area contributed by atoms with Crippen molar-refractivity contribution in [2.45, 2.75) is 32.4 Å². The molecular weight excluding hydrogens is 322 g/mol. The fourth-order valence-electron chi connectivity index (χ4n) is 3.98. The first-order valence-corrected chi connectivity index (χ1v) is 8.30. The van der Waals surface area contributed by atoms with Gasteiger partial charge >= 0.3 is 0 Å². The minimum atomic E-state index is -0.644. The van der Waals surface area contributed by atoms with Crippen LogP contribution in [0.25, 0.3) is 10.9 Å². The summed E-state index contributed by atoms with van der Waals surface area (Å²) in [6, 6.07) is 10.7. The van der Waals surface area contributed by atoms with E-state index in [4.69, 9.17) is 0 Å². The Kier molecular flexibility index (Phi) is 3.60. The molecule has 0 fully saturated rings. The lowest BCUT2D eigenvalue weighted by Gasteiger charge is -2.40. The highest BCUT2D eigenvalue weighted by Crippen LogP contribution is 2.41. The maximum Gasteiger partial charge on any atom is 0.220 e. The lowest BCUT2D eigenvalue weighted by Crippen LogP contribution is -2.45. The van der Waals surface area contributed by atoms with E-state index >= 15 is 0 Å². The summed E-state index contributed by atoms with van der Waals surface area (Å²) in [5.74, 6) is -1.41. The van der Waals surface area contributed by atoms with E-state index in [0.29, 0.717) is 12.0 Å². The van der Waals surface area contributed by atoms with Crippen LogP contribution in [0.3, 0.4) is 0 Å². The van der Waals surface area contributed by atoms with Gasteiger partial charge in [0.25, 0.3) is 0 Å². The lowest BCUT2D eigenvalue weighted by molar-refractivity contribution is -0.133. The molecule has 128 valence electrons. The third-order valence-corrected chi connectivity index (χ3v) is 4.99. The molecule has 1 aliphatic heterocycles. The number of benzene rings is 2. The number of fused-ring (bicyclic) bond motifs is 3. The molecule has 1 N–H and O–H groups in total. The van der Waals surface area contributed by atoms with E-state index in [2.05, 4.69) is 4.98 Å². The van der Waals surface area contributed by atoms with Crippen LogP contribution in [0, 0.1) is 11.6 Å². The van der Waals surface area contributed by atoms with E-state index in [-0.39, 0.29) is 11.9 Å². The van der Waals surface area contributed by atoms with Crippen molar-refractivity contribution in [2.75, 3.05) is 0 Å². The molecule has 1 aromatic heterocycles. The van der Waals surface area contributed by atoms with Gasteiger partial charge in [-0.3, -0.25) is 4.79 Å². The predicted octanol–water partition coefficient (Wildman–Crippen LogP) is 4.33. The average molecular weight is 340 g/mol. The van der Waals surface area contributed by atoms with Crippen LogP contribution in [0.1, 0.15) is 36.7 Å². The molecule has 0 saturated carbocycles. The molecule has 0 spiro atoms. The summed E-state index contributed by atoms with van der Waals surface area (Å²) >= 11 is 0. The van der Waals surface area contributed by atoms with Crippen LogP contribution in [0.2, 0.25) is 0 Å². The lowest BCUT2D eigenvalue weighted by atomic mass is 9.88. The van der Waals surface area contributed by atoms with Gasteiger partial charge in [-0.05, 0) is 31.0 Å². The fourth-order valence-corrected chi connectivity index (χ4v) is 3.98. The number of hydrogen-bond donors (Lipinski definition) is 1. The van der Waals surface area contributed by atoms with Crippen LogP contribution >= 0.6 is 0 Å². The highest BCUT2D eigenvalue weighted by atomic mass is 19.1. The maximum atomic E-state index is 14.6. The van der Waals surface area contributed by atoms with Gasteiger partial charge in [-0.2, -0.15) is 0 Å². The van der Waals surface area contributed by atoms with Crippen molar-refractivity contribution in [1.82, 2.24) is 9.88 Å². The van der Waals surface area contributed by atoms with Crippen molar-refractivity contribution in [3.8, 4) is 0 Å². The van der Waals surface area contributed by atoms with Crippen LogP contribution in [-0.4, -0.2) is 21.8 Å². The Bertz CT molecular complexity index is 979. The van der Waals surface area contributed by atoms with Crippen molar-refractivity contribution in [3.63, 3.8) is 0 Å². The fraction of sp³-hybridized carbons (Fsp3) is 0.250. The molecule has 0 saturated heterocycles. The minimum absolute atomic E-state index is 0.0846. The molecule has 2 aromatic carbocycles.